The Balaban J connectivity index is 2.48. The van der Waals surface area contributed by atoms with Crippen molar-refractivity contribution in [1.29, 1.82) is 0 Å². The fraction of sp³-hybridized carbons (Fsp3) is 0.571. The van der Waals surface area contributed by atoms with E-state index in [0.717, 1.165) is 0 Å². The molecule has 2 nitrogen and oxygen atoms in total. The van der Waals surface area contributed by atoms with Crippen LogP contribution in [0.1, 0.15) is 41.5 Å². The van der Waals surface area contributed by atoms with Gasteiger partial charge in [-0.1, -0.05) is 0 Å². The molecule has 0 saturated carbocycles. The summed E-state index contributed by atoms with van der Waals surface area (Å²) in [5, 5.41) is 0. The van der Waals surface area contributed by atoms with Crippen LogP contribution < -0.4 is 5.46 Å². The second-order valence-electron chi connectivity index (χ2n) is 7.19. The summed E-state index contributed by atoms with van der Waals surface area (Å²) in [4.78, 5) is 0. The van der Waals surface area contributed by atoms with Crippen molar-refractivity contribution >= 4 is 46.9 Å². The van der Waals surface area contributed by atoms with Gasteiger partial charge in [0.25, 0.3) is 0 Å². The van der Waals surface area contributed by atoms with E-state index in [2.05, 4.69) is 71.9 Å². The number of rotatable bonds is 1. The Hall–Kier alpha value is 0.575. The summed E-state index contributed by atoms with van der Waals surface area (Å²) in [5.41, 5.74) is 1.19. The molecule has 1 aromatic rings. The molecular formula is C14H23BCl2N2Te. The predicted octanol–water partition coefficient (Wildman–Crippen LogP) is 3.51. The molecule has 0 unspecified atom stereocenters. The molecule has 20 heavy (non-hydrogen) atoms. The van der Waals surface area contributed by atoms with Crippen LogP contribution in [0, 0.1) is 0 Å². The summed E-state index contributed by atoms with van der Waals surface area (Å²) in [6.07, 6.45) is 0. The van der Waals surface area contributed by atoms with Gasteiger partial charge in [-0.3, -0.25) is 0 Å². The number of nitrogens with zero attached hydrogens (tertiary/aromatic N) is 2. The maximum absolute atomic E-state index is 6.86. The third-order valence-corrected chi connectivity index (χ3v) is 14.3. The first-order valence-corrected chi connectivity index (χ1v) is 14.8. The van der Waals surface area contributed by atoms with E-state index in [1.54, 1.807) is 0 Å². The van der Waals surface area contributed by atoms with Crippen molar-refractivity contribution in [2.24, 2.45) is 0 Å². The molecule has 1 fully saturated rings. The fourth-order valence-corrected chi connectivity index (χ4v) is 16.8. The van der Waals surface area contributed by atoms with Gasteiger partial charge in [-0.25, -0.2) is 0 Å². The van der Waals surface area contributed by atoms with Crippen LogP contribution in [0.3, 0.4) is 0 Å². The Bertz CT molecular complexity index is 458. The van der Waals surface area contributed by atoms with Crippen molar-refractivity contribution < 1.29 is 0 Å². The van der Waals surface area contributed by atoms with Crippen LogP contribution >= 0.6 is 17.9 Å². The average molecular weight is 429 g/mol. The molecule has 0 amide bonds. The van der Waals surface area contributed by atoms with Crippen molar-refractivity contribution in [3.63, 3.8) is 0 Å². The minimum atomic E-state index is -3.21. The monoisotopic (exact) mass is 430 g/mol. The molecule has 0 N–H and O–H groups in total. The molecule has 112 valence electrons. The first-order chi connectivity index (χ1) is 8.97. The first-order valence-electron chi connectivity index (χ1n) is 6.84. The van der Waals surface area contributed by atoms with E-state index in [4.69, 9.17) is 17.9 Å². The third-order valence-electron chi connectivity index (χ3n) is 3.34. The van der Waals surface area contributed by atoms with Gasteiger partial charge in [0.2, 0.25) is 0 Å². The Labute approximate surface area is 135 Å². The van der Waals surface area contributed by atoms with E-state index in [9.17, 15) is 0 Å². The Kier molecular flexibility index (Phi) is 4.52. The van der Waals surface area contributed by atoms with Crippen molar-refractivity contribution in [2.45, 2.75) is 52.6 Å². The molecule has 1 aliphatic rings. The van der Waals surface area contributed by atoms with E-state index in [-0.39, 0.29) is 18.1 Å². The number of benzene rings is 1. The van der Waals surface area contributed by atoms with Crippen LogP contribution in [-0.2, 0) is 0 Å². The van der Waals surface area contributed by atoms with Gasteiger partial charge in [0.15, 0.2) is 0 Å². The van der Waals surface area contributed by atoms with E-state index in [0.29, 0.717) is 0 Å². The maximum atomic E-state index is 6.86. The van der Waals surface area contributed by atoms with Gasteiger partial charge in [0, 0.05) is 0 Å². The first kappa shape index (κ1) is 16.9. The summed E-state index contributed by atoms with van der Waals surface area (Å²) < 4.78 is 4.69. The summed E-state index contributed by atoms with van der Waals surface area (Å²) in [5.74, 6) is 0. The van der Waals surface area contributed by atoms with Gasteiger partial charge in [0.1, 0.15) is 0 Å². The SMILES string of the molecule is CC(C)(C)N1B(c2ccccc2)N(C(C)(C)C)[Te]1(Cl)Cl. The zero-order valence-electron chi connectivity index (χ0n) is 13.0. The van der Waals surface area contributed by atoms with E-state index in [1.807, 2.05) is 6.07 Å². The zero-order valence-corrected chi connectivity index (χ0v) is 16.9. The van der Waals surface area contributed by atoms with Gasteiger partial charge in [0.05, 0.1) is 0 Å². The molecule has 0 aromatic heterocycles. The molecule has 1 heterocycles. The normalized spacial score (nSPS) is 22.5. The number of hydrogen-bond donors (Lipinski definition) is 0. The minimum absolute atomic E-state index is 0.0348. The molecular weight excluding hydrogens is 405 g/mol. The Morgan fingerprint density at radius 2 is 1.25 bits per heavy atom. The molecule has 2 rings (SSSR count). The molecule has 6 heteroatoms. The Morgan fingerprint density at radius 3 is 1.60 bits per heavy atom. The van der Waals surface area contributed by atoms with Crippen LogP contribution in [-0.4, -0.2) is 40.7 Å². The van der Waals surface area contributed by atoms with Crippen LogP contribution in [0.5, 0.6) is 0 Å². The molecule has 0 aliphatic carbocycles. The van der Waals surface area contributed by atoms with Gasteiger partial charge < -0.3 is 0 Å². The second kappa shape index (κ2) is 5.34. The van der Waals surface area contributed by atoms with Crippen molar-refractivity contribution in [3.8, 4) is 0 Å². The van der Waals surface area contributed by atoms with E-state index >= 15 is 0 Å². The summed E-state index contributed by atoms with van der Waals surface area (Å²) in [6.45, 7) is 13.3. The van der Waals surface area contributed by atoms with Crippen molar-refractivity contribution in [1.82, 2.24) is 6.12 Å². The van der Waals surface area contributed by atoms with Crippen LogP contribution in [0.2, 0.25) is 0 Å². The van der Waals surface area contributed by atoms with Crippen LogP contribution in [0.25, 0.3) is 0 Å². The van der Waals surface area contributed by atoms with Crippen molar-refractivity contribution in [3.05, 3.63) is 30.3 Å². The molecule has 0 radical (unpaired) electrons. The molecule has 1 aromatic carbocycles. The predicted molar refractivity (Wildman–Crippen MR) is 92.5 cm³/mol. The van der Waals surface area contributed by atoms with Crippen molar-refractivity contribution in [2.75, 3.05) is 0 Å². The van der Waals surface area contributed by atoms with Crippen LogP contribution in [0.4, 0.5) is 0 Å². The third kappa shape index (κ3) is 2.89. The molecule has 0 bridgehead atoms. The fourth-order valence-electron chi connectivity index (χ4n) is 2.68. The Morgan fingerprint density at radius 1 is 0.850 bits per heavy atom. The van der Waals surface area contributed by atoms with Crippen LogP contribution in [0.15, 0.2) is 30.3 Å². The standard InChI is InChI=1S/C14H23BCl2N2Te/c1-13(2,3)18-15(12-10-8-7-9-11-12)19(14(4,5)6)20(18,16)17/h7-11H,1-6H3. The van der Waals surface area contributed by atoms with Gasteiger partial charge in [-0.15, -0.1) is 0 Å². The molecule has 0 spiro atoms. The number of halogens is 2. The molecule has 1 aliphatic heterocycles. The summed E-state index contributed by atoms with van der Waals surface area (Å²) in [6, 6.07) is 10.5. The molecule has 1 saturated heterocycles. The van der Waals surface area contributed by atoms with Gasteiger partial charge in [-0.05, 0) is 0 Å². The molecule has 0 atom stereocenters. The van der Waals surface area contributed by atoms with Gasteiger partial charge in [-0.2, -0.15) is 0 Å². The summed E-state index contributed by atoms with van der Waals surface area (Å²) in [7, 11) is 13.7. The zero-order chi connectivity index (χ0) is 15.3. The average Bonchev–Trinajstić information content (AvgIpc) is 2.23. The van der Waals surface area contributed by atoms with Gasteiger partial charge >= 0.3 is 136 Å². The summed E-state index contributed by atoms with van der Waals surface area (Å²) >= 11 is -3.21. The quantitative estimate of drug-likeness (QED) is 0.632. The topological polar surface area (TPSA) is 6.48 Å². The second-order valence-corrected chi connectivity index (χ2v) is 18.6. The van der Waals surface area contributed by atoms with E-state index < -0.39 is 16.5 Å². The number of hydrogen-bond acceptors (Lipinski definition) is 2. The van der Waals surface area contributed by atoms with E-state index in [1.165, 1.54) is 5.46 Å².